The SMILES string of the molecule is C=CCNC(=O)Nc1ccc(NC(=O)c2cccnc2Oc2ccccc2)cc1. The van der Waals surface area contributed by atoms with E-state index in [1.54, 1.807) is 60.8 Å². The smallest absolute Gasteiger partial charge is 0.319 e. The van der Waals surface area contributed by atoms with Gasteiger partial charge in [-0.25, -0.2) is 9.78 Å². The first kappa shape index (κ1) is 19.6. The fraction of sp³-hybridized carbons (Fsp3) is 0.0455. The number of pyridine rings is 1. The van der Waals surface area contributed by atoms with Gasteiger partial charge in [-0.2, -0.15) is 0 Å². The molecular formula is C22H20N4O3. The highest BCUT2D eigenvalue weighted by Gasteiger charge is 2.14. The predicted molar refractivity (Wildman–Crippen MR) is 112 cm³/mol. The summed E-state index contributed by atoms with van der Waals surface area (Å²) in [4.78, 5) is 28.5. The Labute approximate surface area is 168 Å². The van der Waals surface area contributed by atoms with Crippen molar-refractivity contribution >= 4 is 23.3 Å². The number of amides is 3. The zero-order chi connectivity index (χ0) is 20.5. The molecule has 0 aliphatic heterocycles. The zero-order valence-corrected chi connectivity index (χ0v) is 15.6. The first-order chi connectivity index (χ1) is 14.2. The maximum Gasteiger partial charge on any atom is 0.319 e. The Hall–Kier alpha value is -4.13. The van der Waals surface area contributed by atoms with Gasteiger partial charge in [-0.1, -0.05) is 24.3 Å². The molecule has 29 heavy (non-hydrogen) atoms. The third-order valence-electron chi connectivity index (χ3n) is 3.78. The number of nitrogens with zero attached hydrogens (tertiary/aromatic N) is 1. The number of hydrogen-bond donors (Lipinski definition) is 3. The van der Waals surface area contributed by atoms with E-state index in [0.717, 1.165) is 0 Å². The molecule has 0 unspecified atom stereocenters. The topological polar surface area (TPSA) is 92.4 Å². The van der Waals surface area contributed by atoms with E-state index in [9.17, 15) is 9.59 Å². The summed E-state index contributed by atoms with van der Waals surface area (Å²) in [5.41, 5.74) is 1.47. The van der Waals surface area contributed by atoms with Crippen LogP contribution in [0.25, 0.3) is 0 Å². The lowest BCUT2D eigenvalue weighted by Gasteiger charge is -2.11. The molecule has 0 fully saturated rings. The van der Waals surface area contributed by atoms with Gasteiger partial charge < -0.3 is 20.7 Å². The molecule has 0 atom stereocenters. The number of ether oxygens (including phenoxy) is 1. The molecule has 3 amide bonds. The fourth-order valence-electron chi connectivity index (χ4n) is 2.42. The van der Waals surface area contributed by atoms with E-state index in [1.807, 2.05) is 18.2 Å². The van der Waals surface area contributed by atoms with Crippen molar-refractivity contribution in [2.24, 2.45) is 0 Å². The largest absolute Gasteiger partial charge is 0.438 e. The molecule has 1 heterocycles. The van der Waals surface area contributed by atoms with Crippen LogP contribution in [-0.4, -0.2) is 23.5 Å². The van der Waals surface area contributed by atoms with Crippen LogP contribution in [-0.2, 0) is 0 Å². The summed E-state index contributed by atoms with van der Waals surface area (Å²) in [6.45, 7) is 3.91. The quantitative estimate of drug-likeness (QED) is 0.522. The van der Waals surface area contributed by atoms with Gasteiger partial charge in [-0.3, -0.25) is 4.79 Å². The molecule has 3 aromatic rings. The van der Waals surface area contributed by atoms with Gasteiger partial charge in [-0.05, 0) is 48.5 Å². The van der Waals surface area contributed by atoms with Crippen LogP contribution >= 0.6 is 0 Å². The highest BCUT2D eigenvalue weighted by atomic mass is 16.5. The average molecular weight is 388 g/mol. The summed E-state index contributed by atoms with van der Waals surface area (Å²) in [6, 6.07) is 18.9. The molecule has 0 spiro atoms. The molecule has 1 aromatic heterocycles. The standard InChI is InChI=1S/C22H20N4O3/c1-2-14-24-22(28)26-17-12-10-16(11-13-17)25-20(27)19-9-6-15-23-21(19)29-18-7-4-3-5-8-18/h2-13,15H,1,14H2,(H,25,27)(H2,24,26,28). The van der Waals surface area contributed by atoms with E-state index in [0.29, 0.717) is 29.2 Å². The summed E-state index contributed by atoms with van der Waals surface area (Å²) in [5, 5.41) is 8.10. The average Bonchev–Trinajstić information content (AvgIpc) is 2.75. The highest BCUT2D eigenvalue weighted by molar-refractivity contribution is 6.06. The first-order valence-corrected chi connectivity index (χ1v) is 8.91. The number of aromatic nitrogens is 1. The molecule has 7 nitrogen and oxygen atoms in total. The molecule has 3 N–H and O–H groups in total. The number of para-hydroxylation sites is 1. The van der Waals surface area contributed by atoms with Gasteiger partial charge in [0, 0.05) is 24.1 Å². The lowest BCUT2D eigenvalue weighted by atomic mass is 10.2. The first-order valence-electron chi connectivity index (χ1n) is 8.91. The van der Waals surface area contributed by atoms with Gasteiger partial charge in [0.2, 0.25) is 5.88 Å². The maximum absolute atomic E-state index is 12.7. The Bertz CT molecular complexity index is 988. The molecule has 3 rings (SSSR count). The Balaban J connectivity index is 1.66. The van der Waals surface area contributed by atoms with Crippen LogP contribution < -0.4 is 20.7 Å². The number of nitrogens with one attached hydrogen (secondary N) is 3. The van der Waals surface area contributed by atoms with E-state index >= 15 is 0 Å². The van der Waals surface area contributed by atoms with E-state index in [4.69, 9.17) is 4.74 Å². The van der Waals surface area contributed by atoms with Gasteiger partial charge >= 0.3 is 6.03 Å². The van der Waals surface area contributed by atoms with Crippen molar-refractivity contribution in [1.29, 1.82) is 0 Å². The molecule has 0 bridgehead atoms. The number of anilines is 2. The van der Waals surface area contributed by atoms with Crippen LogP contribution in [0.4, 0.5) is 16.2 Å². The lowest BCUT2D eigenvalue weighted by molar-refractivity contribution is 0.102. The van der Waals surface area contributed by atoms with Crippen LogP contribution in [0.15, 0.2) is 85.6 Å². The van der Waals surface area contributed by atoms with Crippen LogP contribution in [0.3, 0.4) is 0 Å². The van der Waals surface area contributed by atoms with Crippen LogP contribution in [0.5, 0.6) is 11.6 Å². The zero-order valence-electron chi connectivity index (χ0n) is 15.6. The van der Waals surface area contributed by atoms with Gasteiger partial charge in [0.1, 0.15) is 11.3 Å². The van der Waals surface area contributed by atoms with Crippen molar-refractivity contribution in [3.05, 3.63) is 91.1 Å². The monoisotopic (exact) mass is 388 g/mol. The van der Waals surface area contributed by atoms with Gasteiger partial charge in [0.15, 0.2) is 0 Å². The second-order valence-electron chi connectivity index (χ2n) is 5.93. The minimum absolute atomic E-state index is 0.216. The predicted octanol–water partition coefficient (Wildman–Crippen LogP) is 4.43. The molecule has 0 aliphatic rings. The minimum atomic E-state index is -0.353. The molecule has 7 heteroatoms. The van der Waals surface area contributed by atoms with Crippen LogP contribution in [0.1, 0.15) is 10.4 Å². The van der Waals surface area contributed by atoms with E-state index in [1.165, 1.54) is 0 Å². The molecule has 0 saturated heterocycles. The molecule has 2 aromatic carbocycles. The second kappa shape index (κ2) is 9.70. The Morgan fingerprint density at radius 1 is 0.931 bits per heavy atom. The van der Waals surface area contributed by atoms with Gasteiger partial charge in [0.25, 0.3) is 5.91 Å². The summed E-state index contributed by atoms with van der Waals surface area (Å²) in [6.07, 6.45) is 3.15. The third kappa shape index (κ3) is 5.67. The summed E-state index contributed by atoms with van der Waals surface area (Å²) < 4.78 is 5.73. The van der Waals surface area contributed by atoms with Gasteiger partial charge in [-0.15, -0.1) is 6.58 Å². The molecular weight excluding hydrogens is 368 g/mol. The summed E-state index contributed by atoms with van der Waals surface area (Å²) in [5.74, 6) is 0.451. The number of benzene rings is 2. The number of urea groups is 1. The lowest BCUT2D eigenvalue weighted by Crippen LogP contribution is -2.28. The van der Waals surface area contributed by atoms with Gasteiger partial charge in [0.05, 0.1) is 0 Å². The van der Waals surface area contributed by atoms with Crippen molar-refractivity contribution in [2.75, 3.05) is 17.2 Å². The van der Waals surface area contributed by atoms with Crippen molar-refractivity contribution in [3.63, 3.8) is 0 Å². The highest BCUT2D eigenvalue weighted by Crippen LogP contribution is 2.23. The number of hydrogen-bond acceptors (Lipinski definition) is 4. The normalized spacial score (nSPS) is 9.93. The number of rotatable bonds is 7. The van der Waals surface area contributed by atoms with Crippen LogP contribution in [0.2, 0.25) is 0 Å². The minimum Gasteiger partial charge on any atom is -0.438 e. The van der Waals surface area contributed by atoms with Crippen molar-refractivity contribution in [3.8, 4) is 11.6 Å². The maximum atomic E-state index is 12.7. The molecule has 0 aliphatic carbocycles. The number of carbonyl (C=O) groups excluding carboxylic acids is 2. The van der Waals surface area contributed by atoms with Crippen LogP contribution in [0, 0.1) is 0 Å². The second-order valence-corrected chi connectivity index (χ2v) is 5.93. The van der Waals surface area contributed by atoms with Crippen molar-refractivity contribution in [1.82, 2.24) is 10.3 Å². The molecule has 0 radical (unpaired) electrons. The van der Waals surface area contributed by atoms with E-state index in [2.05, 4.69) is 27.5 Å². The van der Waals surface area contributed by atoms with Crippen molar-refractivity contribution in [2.45, 2.75) is 0 Å². The molecule has 146 valence electrons. The Morgan fingerprint density at radius 2 is 1.62 bits per heavy atom. The number of carbonyl (C=O) groups is 2. The Morgan fingerprint density at radius 3 is 2.31 bits per heavy atom. The summed E-state index contributed by atoms with van der Waals surface area (Å²) in [7, 11) is 0. The van der Waals surface area contributed by atoms with E-state index in [-0.39, 0.29) is 17.8 Å². The summed E-state index contributed by atoms with van der Waals surface area (Å²) >= 11 is 0. The molecule has 0 saturated carbocycles. The van der Waals surface area contributed by atoms with E-state index < -0.39 is 0 Å². The Kier molecular flexibility index (Phi) is 6.57. The van der Waals surface area contributed by atoms with Crippen molar-refractivity contribution < 1.29 is 14.3 Å². The third-order valence-corrected chi connectivity index (χ3v) is 3.78. The fourth-order valence-corrected chi connectivity index (χ4v) is 2.42.